The quantitative estimate of drug-likeness (QED) is 0.711. The summed E-state index contributed by atoms with van der Waals surface area (Å²) in [5.41, 5.74) is 2.96. The van der Waals surface area contributed by atoms with Gasteiger partial charge in [-0.3, -0.25) is 0 Å². The first kappa shape index (κ1) is 8.49. The van der Waals surface area contributed by atoms with E-state index >= 15 is 0 Å². The highest BCUT2D eigenvalue weighted by atomic mass is 14.9. The Morgan fingerprint density at radius 3 is 3.00 bits per heavy atom. The van der Waals surface area contributed by atoms with Gasteiger partial charge in [0.15, 0.2) is 0 Å². The minimum Gasteiger partial charge on any atom is -0.316 e. The van der Waals surface area contributed by atoms with Crippen molar-refractivity contribution in [2.24, 2.45) is 11.8 Å². The average Bonchev–Trinajstić information content (AvgIpc) is 2.48. The summed E-state index contributed by atoms with van der Waals surface area (Å²) in [6.45, 7) is 4.68. The minimum atomic E-state index is 0.842. The molecule has 74 valence electrons. The zero-order valence-corrected chi connectivity index (χ0v) is 8.66. The highest BCUT2D eigenvalue weighted by Crippen LogP contribution is 2.48. The van der Waals surface area contributed by atoms with Crippen molar-refractivity contribution in [3.05, 3.63) is 35.4 Å². The lowest BCUT2D eigenvalue weighted by atomic mass is 9.64. The van der Waals surface area contributed by atoms with Crippen LogP contribution in [0.5, 0.6) is 0 Å². The predicted molar refractivity (Wildman–Crippen MR) is 58.4 cm³/mol. The zero-order chi connectivity index (χ0) is 9.54. The highest BCUT2D eigenvalue weighted by Gasteiger charge is 2.44. The maximum atomic E-state index is 3.50. The normalized spacial score (nSPS) is 35.1. The first-order valence-electron chi connectivity index (χ1n) is 5.62. The Balaban J connectivity index is 1.83. The number of hydrogen-bond acceptors (Lipinski definition) is 1. The molecule has 0 radical (unpaired) electrons. The zero-order valence-electron chi connectivity index (χ0n) is 8.66. The Kier molecular flexibility index (Phi) is 1.88. The molecule has 1 saturated heterocycles. The summed E-state index contributed by atoms with van der Waals surface area (Å²) < 4.78 is 0. The third-order valence-corrected chi connectivity index (χ3v) is 3.94. The van der Waals surface area contributed by atoms with Gasteiger partial charge in [0.25, 0.3) is 0 Å². The van der Waals surface area contributed by atoms with Gasteiger partial charge in [-0.1, -0.05) is 29.8 Å². The van der Waals surface area contributed by atoms with Gasteiger partial charge < -0.3 is 5.32 Å². The first-order chi connectivity index (χ1) is 6.84. The predicted octanol–water partition coefficient (Wildman–Crippen LogP) is 2.32. The fraction of sp³-hybridized carbons (Fsp3) is 0.538. The van der Waals surface area contributed by atoms with Gasteiger partial charge in [-0.2, -0.15) is 0 Å². The smallest absolute Gasteiger partial charge is 0.00114 e. The summed E-state index contributed by atoms with van der Waals surface area (Å²) in [7, 11) is 0. The highest BCUT2D eigenvalue weighted by molar-refractivity contribution is 5.29. The lowest BCUT2D eigenvalue weighted by molar-refractivity contribution is 0.191. The second-order valence-corrected chi connectivity index (χ2v) is 4.84. The van der Waals surface area contributed by atoms with Crippen LogP contribution in [-0.2, 0) is 0 Å². The van der Waals surface area contributed by atoms with Crippen LogP contribution in [0.15, 0.2) is 24.3 Å². The molecular formula is C13H17N. The third kappa shape index (κ3) is 1.19. The molecule has 1 nitrogen and oxygen atoms in total. The molecule has 1 heteroatoms. The molecule has 3 rings (SSSR count). The van der Waals surface area contributed by atoms with Crippen molar-refractivity contribution in [3.8, 4) is 0 Å². The van der Waals surface area contributed by atoms with Crippen LogP contribution in [-0.4, -0.2) is 13.1 Å². The Morgan fingerprint density at radius 1 is 1.29 bits per heavy atom. The van der Waals surface area contributed by atoms with Gasteiger partial charge in [0.2, 0.25) is 0 Å². The molecule has 1 aliphatic heterocycles. The van der Waals surface area contributed by atoms with Gasteiger partial charge in [-0.25, -0.2) is 0 Å². The van der Waals surface area contributed by atoms with Crippen LogP contribution < -0.4 is 5.32 Å². The van der Waals surface area contributed by atoms with Crippen molar-refractivity contribution in [3.63, 3.8) is 0 Å². The summed E-state index contributed by atoms with van der Waals surface area (Å²) >= 11 is 0. The molecule has 1 N–H and O–H groups in total. The van der Waals surface area contributed by atoms with E-state index in [2.05, 4.69) is 36.5 Å². The lowest BCUT2D eigenvalue weighted by Crippen LogP contribution is -2.33. The van der Waals surface area contributed by atoms with Gasteiger partial charge in [0.1, 0.15) is 0 Å². The minimum absolute atomic E-state index is 0.842. The second-order valence-electron chi connectivity index (χ2n) is 4.84. The Hall–Kier alpha value is -0.820. The topological polar surface area (TPSA) is 12.0 Å². The van der Waals surface area contributed by atoms with Crippen LogP contribution in [0.25, 0.3) is 0 Å². The largest absolute Gasteiger partial charge is 0.316 e. The van der Waals surface area contributed by atoms with E-state index in [9.17, 15) is 0 Å². The molecule has 0 aromatic heterocycles. The number of benzene rings is 1. The van der Waals surface area contributed by atoms with Crippen molar-refractivity contribution >= 4 is 0 Å². The van der Waals surface area contributed by atoms with E-state index in [1.54, 1.807) is 5.56 Å². The van der Waals surface area contributed by atoms with Crippen LogP contribution in [0.1, 0.15) is 23.5 Å². The van der Waals surface area contributed by atoms with E-state index in [1.807, 2.05) is 0 Å². The molecule has 1 heterocycles. The van der Waals surface area contributed by atoms with E-state index in [-0.39, 0.29) is 0 Å². The van der Waals surface area contributed by atoms with Gasteiger partial charge in [-0.05, 0) is 49.8 Å². The Bertz CT molecular complexity index is 345. The SMILES string of the molecule is Cc1cccc(C2CC3CNCC32)c1. The number of fused-ring (bicyclic) bond motifs is 1. The first-order valence-corrected chi connectivity index (χ1v) is 5.62. The summed E-state index contributed by atoms with van der Waals surface area (Å²) in [5.74, 6) is 2.74. The standard InChI is InChI=1S/C13H17N/c1-9-3-2-4-10(5-9)12-6-11-7-14-8-13(11)12/h2-5,11-14H,6-8H2,1H3. The lowest BCUT2D eigenvalue weighted by Gasteiger charge is -2.40. The van der Waals surface area contributed by atoms with Crippen LogP contribution >= 0.6 is 0 Å². The van der Waals surface area contributed by atoms with Crippen molar-refractivity contribution in [2.75, 3.05) is 13.1 Å². The molecule has 14 heavy (non-hydrogen) atoms. The van der Waals surface area contributed by atoms with E-state index in [4.69, 9.17) is 0 Å². The van der Waals surface area contributed by atoms with Crippen molar-refractivity contribution in [2.45, 2.75) is 19.3 Å². The van der Waals surface area contributed by atoms with Gasteiger partial charge in [-0.15, -0.1) is 0 Å². The van der Waals surface area contributed by atoms with E-state index in [0.717, 1.165) is 17.8 Å². The fourth-order valence-electron chi connectivity index (χ4n) is 3.07. The molecule has 0 bridgehead atoms. The average molecular weight is 187 g/mol. The van der Waals surface area contributed by atoms with Crippen LogP contribution in [0.4, 0.5) is 0 Å². The van der Waals surface area contributed by atoms with E-state index in [1.165, 1.54) is 25.1 Å². The molecular weight excluding hydrogens is 170 g/mol. The monoisotopic (exact) mass is 187 g/mol. The number of rotatable bonds is 1. The molecule has 2 fully saturated rings. The molecule has 1 aromatic carbocycles. The summed E-state index contributed by atoms with van der Waals surface area (Å²) in [6.07, 6.45) is 1.40. The van der Waals surface area contributed by atoms with Crippen LogP contribution in [0.2, 0.25) is 0 Å². The molecule has 0 amide bonds. The van der Waals surface area contributed by atoms with Gasteiger partial charge >= 0.3 is 0 Å². The Labute approximate surface area is 85.5 Å². The summed E-state index contributed by atoms with van der Waals surface area (Å²) in [4.78, 5) is 0. The Morgan fingerprint density at radius 2 is 2.21 bits per heavy atom. The van der Waals surface area contributed by atoms with Crippen LogP contribution in [0, 0.1) is 18.8 Å². The third-order valence-electron chi connectivity index (χ3n) is 3.94. The molecule has 1 aliphatic carbocycles. The fourth-order valence-corrected chi connectivity index (χ4v) is 3.07. The second kappa shape index (κ2) is 3.09. The van der Waals surface area contributed by atoms with Crippen molar-refractivity contribution in [1.82, 2.24) is 5.32 Å². The maximum Gasteiger partial charge on any atom is -0.00114 e. The van der Waals surface area contributed by atoms with Crippen LogP contribution in [0.3, 0.4) is 0 Å². The molecule has 3 atom stereocenters. The van der Waals surface area contributed by atoms with Crippen molar-refractivity contribution in [1.29, 1.82) is 0 Å². The number of aryl methyl sites for hydroxylation is 1. The number of nitrogens with one attached hydrogen (secondary N) is 1. The number of hydrogen-bond donors (Lipinski definition) is 1. The van der Waals surface area contributed by atoms with E-state index in [0.29, 0.717) is 0 Å². The molecule has 2 aliphatic rings. The van der Waals surface area contributed by atoms with Gasteiger partial charge in [0.05, 0.1) is 0 Å². The summed E-state index contributed by atoms with van der Waals surface area (Å²) in [5, 5.41) is 3.50. The summed E-state index contributed by atoms with van der Waals surface area (Å²) in [6, 6.07) is 9.04. The molecule has 1 aromatic rings. The maximum absolute atomic E-state index is 3.50. The van der Waals surface area contributed by atoms with E-state index < -0.39 is 0 Å². The molecule has 0 spiro atoms. The van der Waals surface area contributed by atoms with Gasteiger partial charge in [0, 0.05) is 0 Å². The van der Waals surface area contributed by atoms with Crippen molar-refractivity contribution < 1.29 is 0 Å². The molecule has 1 saturated carbocycles. The molecule has 3 unspecified atom stereocenters.